The highest BCUT2D eigenvalue weighted by atomic mass is 32.3. The van der Waals surface area contributed by atoms with Crippen molar-refractivity contribution in [2.24, 2.45) is 0 Å². The summed E-state index contributed by atoms with van der Waals surface area (Å²) in [5.41, 5.74) is 0. The van der Waals surface area contributed by atoms with Crippen LogP contribution in [0.3, 0.4) is 0 Å². The summed E-state index contributed by atoms with van der Waals surface area (Å²) in [7, 11) is -3.25. The second kappa shape index (κ2) is 9.21. The second-order valence-corrected chi connectivity index (χ2v) is 4.30. The second-order valence-electron chi connectivity index (χ2n) is 2.71. The fourth-order valence-corrected chi connectivity index (χ4v) is 1.35. The van der Waals surface area contributed by atoms with Crippen LogP contribution in [0.4, 0.5) is 4.79 Å². The number of carbonyl (C=O) groups excluding carboxylic acids is 1. The molecular weight excluding hydrogens is 240 g/mol. The topological polar surface area (TPSA) is 128 Å². The Morgan fingerprint density at radius 1 is 1.50 bits per heavy atom. The lowest BCUT2D eigenvalue weighted by Crippen LogP contribution is -2.37. The fourth-order valence-electron chi connectivity index (χ4n) is 0.592. The van der Waals surface area contributed by atoms with Crippen molar-refractivity contribution in [3.05, 3.63) is 0 Å². The van der Waals surface area contributed by atoms with E-state index < -0.39 is 17.1 Å². The van der Waals surface area contributed by atoms with Gasteiger partial charge in [-0.15, -0.1) is 0 Å². The van der Waals surface area contributed by atoms with E-state index in [0.717, 1.165) is 0 Å². The maximum atomic E-state index is 10.9. The van der Waals surface area contributed by atoms with E-state index >= 15 is 0 Å². The Bertz CT molecular complexity index is 211. The highest BCUT2D eigenvalue weighted by molar-refractivity contribution is 8.21. The molecule has 0 aliphatic rings. The molecule has 0 saturated heterocycles. The van der Waals surface area contributed by atoms with Gasteiger partial charge >= 0.3 is 6.09 Å². The highest BCUT2D eigenvalue weighted by Crippen LogP contribution is 2.26. The molecule has 0 atom stereocenters. The maximum Gasteiger partial charge on any atom is 0.426 e. The van der Waals surface area contributed by atoms with Crippen LogP contribution in [0, 0.1) is 0 Å². The number of carboxylic acid groups (broad SMARTS) is 1. The molecule has 0 aromatic heterocycles. The van der Waals surface area contributed by atoms with Gasteiger partial charge in [0.15, 0.2) is 0 Å². The summed E-state index contributed by atoms with van der Waals surface area (Å²) in [6.45, 7) is 5.10. The zero-order chi connectivity index (χ0) is 13.2. The van der Waals surface area contributed by atoms with E-state index in [9.17, 15) is 4.79 Å². The van der Waals surface area contributed by atoms with Crippen LogP contribution in [0.1, 0.15) is 20.8 Å². The SMILES string of the molecule is CCNS(O)(O)NC(=O)OC(C)C.O=CO. The lowest BCUT2D eigenvalue weighted by atomic mass is 10.5. The number of hydrogen-bond acceptors (Lipinski definition) is 6. The third-order valence-corrected chi connectivity index (χ3v) is 2.06. The zero-order valence-electron chi connectivity index (χ0n) is 9.34. The molecule has 1 amide bonds. The van der Waals surface area contributed by atoms with E-state index in [1.807, 2.05) is 4.72 Å². The van der Waals surface area contributed by atoms with Gasteiger partial charge < -0.3 is 9.84 Å². The summed E-state index contributed by atoms with van der Waals surface area (Å²) >= 11 is 0. The standard InChI is InChI=1S/C6H16N2O4S.CH2O2/c1-4-7-13(10,11)8-6(9)12-5(2)3;2-1-3/h5,7,10-11H,4H2,1-3H3,(H,8,9);1H,(H,2,3). The quantitative estimate of drug-likeness (QED) is 0.476. The van der Waals surface area contributed by atoms with Gasteiger partial charge in [-0.05, 0) is 13.8 Å². The van der Waals surface area contributed by atoms with Crippen molar-refractivity contribution in [2.45, 2.75) is 26.9 Å². The summed E-state index contributed by atoms with van der Waals surface area (Å²) in [6.07, 6.45) is -1.15. The minimum Gasteiger partial charge on any atom is -0.483 e. The molecule has 0 radical (unpaired) electrons. The Kier molecular flexibility index (Phi) is 10.0. The lowest BCUT2D eigenvalue weighted by molar-refractivity contribution is -0.122. The van der Waals surface area contributed by atoms with Gasteiger partial charge in [0.25, 0.3) is 6.47 Å². The van der Waals surface area contributed by atoms with Crippen LogP contribution in [-0.2, 0) is 9.53 Å². The number of ether oxygens (including phenoxy) is 1. The molecule has 5 N–H and O–H groups in total. The van der Waals surface area contributed by atoms with Crippen LogP contribution in [0.15, 0.2) is 0 Å². The van der Waals surface area contributed by atoms with Crippen molar-refractivity contribution in [2.75, 3.05) is 6.54 Å². The van der Waals surface area contributed by atoms with E-state index in [0.29, 0.717) is 6.54 Å². The first kappa shape index (κ1) is 17.4. The molecule has 16 heavy (non-hydrogen) atoms. The Hall–Kier alpha value is -1.03. The van der Waals surface area contributed by atoms with E-state index in [-0.39, 0.29) is 12.6 Å². The van der Waals surface area contributed by atoms with Gasteiger partial charge in [-0.3, -0.25) is 13.9 Å². The molecular formula is C7H18N2O6S. The summed E-state index contributed by atoms with van der Waals surface area (Å²) < 4.78 is 27.1. The largest absolute Gasteiger partial charge is 0.483 e. The molecule has 0 aliphatic heterocycles. The molecule has 0 rings (SSSR count). The predicted molar refractivity (Wildman–Crippen MR) is 60.0 cm³/mol. The molecule has 0 aromatic carbocycles. The minimum atomic E-state index is -3.25. The van der Waals surface area contributed by atoms with Crippen LogP contribution < -0.4 is 9.44 Å². The molecule has 0 fully saturated rings. The van der Waals surface area contributed by atoms with Crippen LogP contribution in [0.2, 0.25) is 0 Å². The van der Waals surface area contributed by atoms with Crippen molar-refractivity contribution in [1.29, 1.82) is 0 Å². The van der Waals surface area contributed by atoms with E-state index in [1.165, 1.54) is 0 Å². The first-order valence-electron chi connectivity index (χ1n) is 4.38. The molecule has 0 bridgehead atoms. The summed E-state index contributed by atoms with van der Waals surface area (Å²) in [5.74, 6) is 0. The average Bonchev–Trinajstić information content (AvgIpc) is 2.00. The van der Waals surface area contributed by atoms with Crippen molar-refractivity contribution < 1.29 is 28.5 Å². The number of carbonyl (C=O) groups is 2. The molecule has 0 unspecified atom stereocenters. The van der Waals surface area contributed by atoms with E-state index in [4.69, 9.17) is 19.0 Å². The van der Waals surface area contributed by atoms with Gasteiger partial charge in [0.2, 0.25) is 0 Å². The normalized spacial score (nSPS) is 11.1. The number of rotatable bonds is 4. The monoisotopic (exact) mass is 258 g/mol. The van der Waals surface area contributed by atoms with Crippen molar-refractivity contribution >= 4 is 23.5 Å². The Labute approximate surface area is 95.6 Å². The van der Waals surface area contributed by atoms with E-state index in [2.05, 4.69) is 9.46 Å². The van der Waals surface area contributed by atoms with Crippen LogP contribution in [0.25, 0.3) is 0 Å². The first-order chi connectivity index (χ1) is 7.29. The Morgan fingerprint density at radius 2 is 1.94 bits per heavy atom. The van der Waals surface area contributed by atoms with Crippen molar-refractivity contribution in [3.63, 3.8) is 0 Å². The summed E-state index contributed by atoms with van der Waals surface area (Å²) in [4.78, 5) is 19.2. The Morgan fingerprint density at radius 3 is 2.25 bits per heavy atom. The molecule has 0 aliphatic carbocycles. The van der Waals surface area contributed by atoms with Gasteiger partial charge in [0.05, 0.1) is 6.10 Å². The molecule has 0 spiro atoms. The molecule has 0 saturated carbocycles. The number of amides is 1. The van der Waals surface area contributed by atoms with Gasteiger partial charge in [-0.1, -0.05) is 17.9 Å². The smallest absolute Gasteiger partial charge is 0.426 e. The zero-order valence-corrected chi connectivity index (χ0v) is 10.2. The molecule has 9 heteroatoms. The third kappa shape index (κ3) is 13.0. The minimum absolute atomic E-state index is 0.250. The predicted octanol–water partition coefficient (Wildman–Crippen LogP) is 1.01. The van der Waals surface area contributed by atoms with Crippen molar-refractivity contribution in [3.8, 4) is 0 Å². The highest BCUT2D eigenvalue weighted by Gasteiger charge is 2.15. The van der Waals surface area contributed by atoms with Gasteiger partial charge in [0.1, 0.15) is 0 Å². The maximum absolute atomic E-state index is 10.9. The van der Waals surface area contributed by atoms with Crippen LogP contribution >= 0.6 is 11.0 Å². The number of nitrogens with one attached hydrogen (secondary N) is 2. The molecule has 8 nitrogen and oxygen atoms in total. The van der Waals surface area contributed by atoms with Crippen LogP contribution in [0.5, 0.6) is 0 Å². The molecule has 0 heterocycles. The van der Waals surface area contributed by atoms with Crippen molar-refractivity contribution in [1.82, 2.24) is 9.44 Å². The number of hydrogen-bond donors (Lipinski definition) is 5. The first-order valence-corrected chi connectivity index (χ1v) is 5.92. The fraction of sp³-hybridized carbons (Fsp3) is 0.714. The lowest BCUT2D eigenvalue weighted by Gasteiger charge is -2.31. The average molecular weight is 258 g/mol. The third-order valence-electron chi connectivity index (χ3n) is 0.914. The summed E-state index contributed by atoms with van der Waals surface area (Å²) in [5, 5.41) is 6.89. The molecule has 0 aromatic rings. The summed E-state index contributed by atoms with van der Waals surface area (Å²) in [6, 6.07) is 0. The molecule has 98 valence electrons. The van der Waals surface area contributed by atoms with E-state index in [1.54, 1.807) is 20.8 Å². The van der Waals surface area contributed by atoms with Gasteiger partial charge in [-0.2, -0.15) is 0 Å². The Balaban J connectivity index is 0. The van der Waals surface area contributed by atoms with Crippen LogP contribution in [-0.4, -0.2) is 39.4 Å². The van der Waals surface area contributed by atoms with Gasteiger partial charge in [0, 0.05) is 6.54 Å². The van der Waals surface area contributed by atoms with Gasteiger partial charge in [-0.25, -0.2) is 14.2 Å².